The van der Waals surface area contributed by atoms with Crippen molar-refractivity contribution in [2.24, 2.45) is 5.92 Å². The van der Waals surface area contributed by atoms with Crippen molar-refractivity contribution in [3.05, 3.63) is 35.9 Å². The van der Waals surface area contributed by atoms with Gasteiger partial charge in [-0.3, -0.25) is 0 Å². The van der Waals surface area contributed by atoms with Crippen LogP contribution >= 0.6 is 15.9 Å². The smallest absolute Gasteiger partial charge is 0.130 e. The molecule has 0 aromatic heterocycles. The second-order valence-electron chi connectivity index (χ2n) is 6.04. The molecule has 1 aromatic carbocycles. The van der Waals surface area contributed by atoms with Gasteiger partial charge in [-0.1, -0.05) is 65.9 Å². The van der Waals surface area contributed by atoms with Crippen molar-refractivity contribution < 1.29 is 9.53 Å². The Balaban J connectivity index is 2.45. The van der Waals surface area contributed by atoms with E-state index in [1.807, 2.05) is 24.3 Å². The molecule has 0 spiro atoms. The van der Waals surface area contributed by atoms with E-state index in [1.165, 1.54) is 32.1 Å². The van der Waals surface area contributed by atoms with Crippen LogP contribution in [0.15, 0.2) is 30.3 Å². The Bertz CT molecular complexity index is 465. The monoisotopic (exact) mass is 380 g/mol. The predicted octanol–water partition coefficient (Wildman–Crippen LogP) is 6.04. The van der Waals surface area contributed by atoms with Gasteiger partial charge in [0.15, 0.2) is 0 Å². The lowest BCUT2D eigenvalue weighted by molar-refractivity contribution is -0.117. The molecule has 0 heterocycles. The molecule has 0 saturated carbocycles. The first kappa shape index (κ1) is 20.0. The molecule has 0 aliphatic rings. The Hall–Kier alpha value is -1.09. The number of carbonyl (C=O) groups excluding carboxylic acids is 1. The van der Waals surface area contributed by atoms with Crippen molar-refractivity contribution in [3.63, 3.8) is 0 Å². The summed E-state index contributed by atoms with van der Waals surface area (Å²) in [7, 11) is 1.67. The Labute approximate surface area is 149 Å². The number of ketones is 1. The normalized spacial score (nSPS) is 12.5. The molecule has 1 aromatic rings. The second-order valence-corrected chi connectivity index (χ2v) is 6.84. The third-order valence-electron chi connectivity index (χ3n) is 3.93. The zero-order chi connectivity index (χ0) is 16.9. The lowest BCUT2D eigenvalue weighted by Gasteiger charge is -2.11. The third-order valence-corrected chi connectivity index (χ3v) is 4.50. The van der Waals surface area contributed by atoms with E-state index in [0.717, 1.165) is 23.1 Å². The van der Waals surface area contributed by atoms with Crippen molar-refractivity contribution in [2.45, 2.75) is 51.9 Å². The number of benzene rings is 1. The van der Waals surface area contributed by atoms with E-state index in [0.29, 0.717) is 12.3 Å². The fourth-order valence-corrected chi connectivity index (χ4v) is 3.03. The van der Waals surface area contributed by atoms with E-state index in [2.05, 4.69) is 28.1 Å². The quantitative estimate of drug-likeness (QED) is 0.326. The van der Waals surface area contributed by atoms with Gasteiger partial charge in [0.2, 0.25) is 0 Å². The van der Waals surface area contributed by atoms with Gasteiger partial charge >= 0.3 is 0 Å². The van der Waals surface area contributed by atoms with Crippen molar-refractivity contribution in [1.29, 1.82) is 0 Å². The van der Waals surface area contributed by atoms with Crippen molar-refractivity contribution in [2.75, 3.05) is 12.4 Å². The minimum absolute atomic E-state index is 0.272. The lowest BCUT2D eigenvalue weighted by Crippen LogP contribution is -2.03. The zero-order valence-electron chi connectivity index (χ0n) is 14.4. The fourth-order valence-electron chi connectivity index (χ4n) is 2.63. The molecule has 0 saturated heterocycles. The maximum atomic E-state index is 11.5. The Morgan fingerprint density at radius 2 is 1.78 bits per heavy atom. The summed E-state index contributed by atoms with van der Waals surface area (Å²) >= 11 is 3.47. The molecular formula is C20H29BrO2. The van der Waals surface area contributed by atoms with E-state index >= 15 is 0 Å². The van der Waals surface area contributed by atoms with Gasteiger partial charge in [-0.2, -0.15) is 0 Å². The number of halogens is 1. The van der Waals surface area contributed by atoms with E-state index in [9.17, 15) is 4.79 Å². The molecule has 0 aliphatic heterocycles. The number of hydrogen-bond donors (Lipinski definition) is 0. The number of methoxy groups -OCH3 is 1. The standard InChI is InChI=1S/C20H29BrO2/c1-17(22)16-19(8-6-4-3-5-7-15-21)10-9-18-11-13-20(23-2)14-12-18/h9-14,19H,3-8,15-16H2,1-2H3/b10-9+/t19-/m1/s1. The van der Waals surface area contributed by atoms with Crippen LogP contribution in [0.2, 0.25) is 0 Å². The van der Waals surface area contributed by atoms with Gasteiger partial charge < -0.3 is 9.53 Å². The maximum Gasteiger partial charge on any atom is 0.130 e. The topological polar surface area (TPSA) is 26.3 Å². The van der Waals surface area contributed by atoms with E-state index in [-0.39, 0.29) is 5.78 Å². The summed E-state index contributed by atoms with van der Waals surface area (Å²) in [6, 6.07) is 8.01. The summed E-state index contributed by atoms with van der Waals surface area (Å²) in [6.07, 6.45) is 12.4. The summed E-state index contributed by atoms with van der Waals surface area (Å²) in [5, 5.41) is 1.10. The van der Waals surface area contributed by atoms with Gasteiger partial charge in [0.05, 0.1) is 7.11 Å². The number of hydrogen-bond acceptors (Lipinski definition) is 2. The minimum Gasteiger partial charge on any atom is -0.497 e. The zero-order valence-corrected chi connectivity index (χ0v) is 16.0. The summed E-state index contributed by atoms with van der Waals surface area (Å²) in [5.74, 6) is 1.49. The van der Waals surface area contributed by atoms with Crippen LogP contribution in [0.3, 0.4) is 0 Å². The van der Waals surface area contributed by atoms with Crippen LogP contribution in [0.5, 0.6) is 5.75 Å². The van der Waals surface area contributed by atoms with Gasteiger partial charge in [-0.05, 0) is 43.4 Å². The van der Waals surface area contributed by atoms with E-state index < -0.39 is 0 Å². The number of unbranched alkanes of at least 4 members (excludes halogenated alkanes) is 4. The highest BCUT2D eigenvalue weighted by Crippen LogP contribution is 2.19. The number of alkyl halides is 1. The number of carbonyl (C=O) groups is 1. The minimum atomic E-state index is 0.272. The fraction of sp³-hybridized carbons (Fsp3) is 0.550. The van der Waals surface area contributed by atoms with Crippen LogP contribution in [-0.2, 0) is 4.79 Å². The molecule has 1 rings (SSSR count). The highest BCUT2D eigenvalue weighted by atomic mass is 79.9. The van der Waals surface area contributed by atoms with Crippen LogP contribution in [0.1, 0.15) is 57.4 Å². The molecular weight excluding hydrogens is 352 g/mol. The highest BCUT2D eigenvalue weighted by Gasteiger charge is 2.08. The Morgan fingerprint density at radius 1 is 1.13 bits per heavy atom. The first-order chi connectivity index (χ1) is 11.2. The van der Waals surface area contributed by atoms with Crippen LogP contribution in [0, 0.1) is 5.92 Å². The van der Waals surface area contributed by atoms with Crippen LogP contribution in [0.4, 0.5) is 0 Å². The predicted molar refractivity (Wildman–Crippen MR) is 102 cm³/mol. The Kier molecular flexibility index (Phi) is 10.7. The second kappa shape index (κ2) is 12.3. The third kappa shape index (κ3) is 9.60. The van der Waals surface area contributed by atoms with Crippen molar-refractivity contribution >= 4 is 27.8 Å². The first-order valence-corrected chi connectivity index (χ1v) is 9.65. The number of Topliss-reactive ketones (excluding diaryl/α,β-unsaturated/α-hetero) is 1. The van der Waals surface area contributed by atoms with Crippen LogP contribution < -0.4 is 4.74 Å². The summed E-state index contributed by atoms with van der Waals surface area (Å²) in [6.45, 7) is 1.68. The van der Waals surface area contributed by atoms with Gasteiger partial charge in [0.1, 0.15) is 11.5 Å². The number of ether oxygens (including phenoxy) is 1. The van der Waals surface area contributed by atoms with E-state index in [4.69, 9.17) is 4.74 Å². The number of allylic oxidation sites excluding steroid dienone is 1. The molecule has 128 valence electrons. The summed E-state index contributed by atoms with van der Waals surface area (Å²) < 4.78 is 5.17. The maximum absolute atomic E-state index is 11.5. The van der Waals surface area contributed by atoms with E-state index in [1.54, 1.807) is 14.0 Å². The molecule has 0 aliphatic carbocycles. The van der Waals surface area contributed by atoms with Gasteiger partial charge in [0, 0.05) is 11.8 Å². The molecule has 2 nitrogen and oxygen atoms in total. The molecule has 0 bridgehead atoms. The molecule has 0 N–H and O–H groups in total. The summed E-state index contributed by atoms with van der Waals surface area (Å²) in [5.41, 5.74) is 1.15. The van der Waals surface area contributed by atoms with Crippen LogP contribution in [-0.4, -0.2) is 18.2 Å². The molecule has 0 amide bonds. The molecule has 23 heavy (non-hydrogen) atoms. The van der Waals surface area contributed by atoms with Gasteiger partial charge in [-0.25, -0.2) is 0 Å². The molecule has 1 atom stereocenters. The average Bonchev–Trinajstić information content (AvgIpc) is 2.55. The molecule has 0 fully saturated rings. The average molecular weight is 381 g/mol. The van der Waals surface area contributed by atoms with Crippen LogP contribution in [0.25, 0.3) is 6.08 Å². The Morgan fingerprint density at radius 3 is 2.39 bits per heavy atom. The first-order valence-electron chi connectivity index (χ1n) is 8.53. The summed E-state index contributed by atoms with van der Waals surface area (Å²) in [4.78, 5) is 11.5. The lowest BCUT2D eigenvalue weighted by atomic mass is 9.94. The highest BCUT2D eigenvalue weighted by molar-refractivity contribution is 9.09. The number of rotatable bonds is 12. The molecule has 0 unspecified atom stereocenters. The molecule has 3 heteroatoms. The largest absolute Gasteiger partial charge is 0.497 e. The molecule has 0 radical (unpaired) electrons. The van der Waals surface area contributed by atoms with Crippen molar-refractivity contribution in [3.8, 4) is 5.75 Å². The van der Waals surface area contributed by atoms with Gasteiger partial charge in [0.25, 0.3) is 0 Å². The SMILES string of the molecule is COc1ccc(/C=C/[C@@H](CCCCCCCBr)CC(C)=O)cc1. The van der Waals surface area contributed by atoms with Gasteiger partial charge in [-0.15, -0.1) is 0 Å². The van der Waals surface area contributed by atoms with Crippen molar-refractivity contribution in [1.82, 2.24) is 0 Å².